The molecular formula is C25H32Cl2N4O4S. The predicted molar refractivity (Wildman–Crippen MR) is 144 cm³/mol. The van der Waals surface area contributed by atoms with Gasteiger partial charge in [0.05, 0.1) is 17.3 Å². The molecule has 196 valence electrons. The Morgan fingerprint density at radius 2 is 1.58 bits per heavy atom. The minimum absolute atomic E-state index is 0.0177. The van der Waals surface area contributed by atoms with Crippen LogP contribution in [0.2, 0.25) is 10.0 Å². The van der Waals surface area contributed by atoms with Gasteiger partial charge in [0.15, 0.2) is 0 Å². The fourth-order valence-corrected chi connectivity index (χ4v) is 5.70. The lowest BCUT2D eigenvalue weighted by Crippen LogP contribution is -2.51. The zero-order chi connectivity index (χ0) is 27.3. The Labute approximate surface area is 224 Å². The Kier molecular flexibility index (Phi) is 10.0. The molecule has 0 radical (unpaired) electrons. The van der Waals surface area contributed by atoms with E-state index in [2.05, 4.69) is 0 Å². The van der Waals surface area contributed by atoms with Gasteiger partial charge in [0.2, 0.25) is 10.0 Å². The summed E-state index contributed by atoms with van der Waals surface area (Å²) in [7, 11) is -2.29. The molecule has 0 bridgehead atoms. The van der Waals surface area contributed by atoms with Gasteiger partial charge in [-0.2, -0.15) is 9.57 Å². The van der Waals surface area contributed by atoms with E-state index in [0.717, 1.165) is 0 Å². The number of nitriles is 1. The highest BCUT2D eigenvalue weighted by Crippen LogP contribution is 2.35. The Bertz CT molecular complexity index is 1210. The summed E-state index contributed by atoms with van der Waals surface area (Å²) in [6.07, 6.45) is -0.478. The summed E-state index contributed by atoms with van der Waals surface area (Å²) in [5, 5.41) is 10.2. The highest BCUT2D eigenvalue weighted by atomic mass is 35.5. The summed E-state index contributed by atoms with van der Waals surface area (Å²) in [5.74, 6) is 0. The van der Waals surface area contributed by atoms with E-state index in [1.807, 2.05) is 19.9 Å². The molecule has 11 heteroatoms. The lowest BCUT2D eigenvalue weighted by molar-refractivity contribution is 0.0192. The van der Waals surface area contributed by atoms with Crippen molar-refractivity contribution in [1.29, 1.82) is 5.26 Å². The van der Waals surface area contributed by atoms with Gasteiger partial charge < -0.3 is 14.5 Å². The van der Waals surface area contributed by atoms with E-state index in [0.29, 0.717) is 21.4 Å². The van der Waals surface area contributed by atoms with E-state index in [1.54, 1.807) is 63.1 Å². The van der Waals surface area contributed by atoms with Crippen LogP contribution in [0.3, 0.4) is 0 Å². The Hall–Kier alpha value is -2.51. The van der Waals surface area contributed by atoms with Crippen molar-refractivity contribution in [3.05, 3.63) is 52.0 Å². The second kappa shape index (κ2) is 12.2. The summed E-state index contributed by atoms with van der Waals surface area (Å²) in [6.45, 7) is 9.92. The van der Waals surface area contributed by atoms with Gasteiger partial charge in [-0.15, -0.1) is 0 Å². The molecule has 1 fully saturated rings. The molecule has 0 saturated carbocycles. The number of piperazine rings is 1. The van der Waals surface area contributed by atoms with E-state index >= 15 is 0 Å². The van der Waals surface area contributed by atoms with Crippen LogP contribution in [0.5, 0.6) is 0 Å². The average molecular weight is 556 g/mol. The Morgan fingerprint density at radius 1 is 1.03 bits per heavy atom. The van der Waals surface area contributed by atoms with Crippen LogP contribution in [0.15, 0.2) is 41.3 Å². The normalized spacial score (nSPS) is 14.4. The van der Waals surface area contributed by atoms with Gasteiger partial charge in [-0.05, 0) is 57.2 Å². The van der Waals surface area contributed by atoms with E-state index in [-0.39, 0.29) is 36.6 Å². The fourth-order valence-electron chi connectivity index (χ4n) is 3.52. The SMILES string of the molecule is CC.CN(c1cc(Cl)cc(Cl)c1)c1ccc(C#N)cc1S(=O)(=O)N1CCN(C(=O)OC(C)(C)C)CC1. The molecule has 0 unspecified atom stereocenters. The first-order valence-electron chi connectivity index (χ1n) is 11.5. The molecule has 1 saturated heterocycles. The Balaban J connectivity index is 0.00000222. The van der Waals surface area contributed by atoms with Crippen LogP contribution in [-0.4, -0.2) is 62.5 Å². The number of carbonyl (C=O) groups is 1. The molecule has 2 aromatic carbocycles. The second-order valence-electron chi connectivity index (χ2n) is 8.85. The third-order valence-electron chi connectivity index (χ3n) is 5.19. The summed E-state index contributed by atoms with van der Waals surface area (Å²) in [6, 6.07) is 11.4. The standard InChI is InChI=1S/C23H26Cl2N4O4S.C2H6/c1-23(2,3)33-22(30)28-7-9-29(10-8-28)34(31,32)21-11-16(15-26)5-6-20(21)27(4)19-13-17(24)12-18(25)14-19;1-2/h5-6,11-14H,7-10H2,1-4H3;1-2H3. The van der Waals surface area contributed by atoms with Crippen molar-refractivity contribution in [2.45, 2.75) is 45.1 Å². The van der Waals surface area contributed by atoms with Crippen molar-refractivity contribution in [2.24, 2.45) is 0 Å². The van der Waals surface area contributed by atoms with Gasteiger partial charge in [0.25, 0.3) is 0 Å². The van der Waals surface area contributed by atoms with E-state index in [1.165, 1.54) is 15.3 Å². The molecule has 1 heterocycles. The second-order valence-corrected chi connectivity index (χ2v) is 11.6. The number of benzene rings is 2. The highest BCUT2D eigenvalue weighted by molar-refractivity contribution is 7.89. The minimum atomic E-state index is -3.99. The molecule has 8 nitrogen and oxygen atoms in total. The smallest absolute Gasteiger partial charge is 0.410 e. The summed E-state index contributed by atoms with van der Waals surface area (Å²) < 4.78 is 34.0. The Morgan fingerprint density at radius 3 is 2.08 bits per heavy atom. The average Bonchev–Trinajstić information content (AvgIpc) is 2.83. The van der Waals surface area contributed by atoms with Crippen molar-refractivity contribution in [3.8, 4) is 6.07 Å². The van der Waals surface area contributed by atoms with Crippen LogP contribution in [-0.2, 0) is 14.8 Å². The van der Waals surface area contributed by atoms with Crippen molar-refractivity contribution < 1.29 is 17.9 Å². The molecule has 0 aliphatic carbocycles. The molecule has 1 amide bonds. The van der Waals surface area contributed by atoms with Crippen LogP contribution in [0, 0.1) is 11.3 Å². The molecule has 3 rings (SSSR count). The van der Waals surface area contributed by atoms with Crippen molar-refractivity contribution >= 4 is 50.7 Å². The number of hydrogen-bond acceptors (Lipinski definition) is 6. The monoisotopic (exact) mass is 554 g/mol. The van der Waals surface area contributed by atoms with Gasteiger partial charge in [0, 0.05) is 49.0 Å². The number of amides is 1. The van der Waals surface area contributed by atoms with E-state index in [4.69, 9.17) is 27.9 Å². The van der Waals surface area contributed by atoms with Crippen LogP contribution in [0.1, 0.15) is 40.2 Å². The number of rotatable bonds is 4. The van der Waals surface area contributed by atoms with Crippen molar-refractivity contribution in [2.75, 3.05) is 38.1 Å². The van der Waals surface area contributed by atoms with E-state index in [9.17, 15) is 18.5 Å². The molecule has 0 aromatic heterocycles. The zero-order valence-electron chi connectivity index (χ0n) is 21.4. The first kappa shape index (κ1) is 29.7. The number of halogens is 2. The number of hydrogen-bond donors (Lipinski definition) is 0. The maximum Gasteiger partial charge on any atom is 0.410 e. The van der Waals surface area contributed by atoms with Crippen LogP contribution < -0.4 is 4.90 Å². The maximum absolute atomic E-state index is 13.7. The number of ether oxygens (including phenoxy) is 1. The summed E-state index contributed by atoms with van der Waals surface area (Å²) >= 11 is 12.3. The van der Waals surface area contributed by atoms with Crippen LogP contribution in [0.4, 0.5) is 16.2 Å². The van der Waals surface area contributed by atoms with Gasteiger partial charge in [-0.25, -0.2) is 13.2 Å². The zero-order valence-corrected chi connectivity index (χ0v) is 23.7. The lowest BCUT2D eigenvalue weighted by Gasteiger charge is -2.35. The molecule has 1 aliphatic heterocycles. The molecule has 0 N–H and O–H groups in total. The first-order chi connectivity index (χ1) is 16.8. The molecule has 1 aliphatic rings. The van der Waals surface area contributed by atoms with Crippen molar-refractivity contribution in [1.82, 2.24) is 9.21 Å². The summed E-state index contributed by atoms with van der Waals surface area (Å²) in [5.41, 5.74) is 0.536. The maximum atomic E-state index is 13.7. The topological polar surface area (TPSA) is 94.0 Å². The van der Waals surface area contributed by atoms with Crippen LogP contribution in [0.25, 0.3) is 0 Å². The summed E-state index contributed by atoms with van der Waals surface area (Å²) in [4.78, 5) is 15.5. The third kappa shape index (κ3) is 7.26. The van der Waals surface area contributed by atoms with Crippen LogP contribution >= 0.6 is 23.2 Å². The number of anilines is 2. The largest absolute Gasteiger partial charge is 0.444 e. The molecule has 0 spiro atoms. The molecule has 0 atom stereocenters. The molecule has 36 heavy (non-hydrogen) atoms. The van der Waals surface area contributed by atoms with Gasteiger partial charge in [0.1, 0.15) is 10.5 Å². The number of carbonyl (C=O) groups excluding carboxylic acids is 1. The van der Waals surface area contributed by atoms with Crippen molar-refractivity contribution in [3.63, 3.8) is 0 Å². The first-order valence-corrected chi connectivity index (χ1v) is 13.7. The van der Waals surface area contributed by atoms with E-state index < -0.39 is 21.7 Å². The fraction of sp³-hybridized carbons (Fsp3) is 0.440. The quantitative estimate of drug-likeness (QED) is 0.466. The van der Waals surface area contributed by atoms with Gasteiger partial charge in [-0.1, -0.05) is 37.0 Å². The minimum Gasteiger partial charge on any atom is -0.444 e. The third-order valence-corrected chi connectivity index (χ3v) is 7.56. The molecular weight excluding hydrogens is 523 g/mol. The number of sulfonamides is 1. The predicted octanol–water partition coefficient (Wildman–Crippen LogP) is 5.90. The lowest BCUT2D eigenvalue weighted by atomic mass is 10.2. The number of nitrogens with zero attached hydrogens (tertiary/aromatic N) is 4. The van der Waals surface area contributed by atoms with Gasteiger partial charge >= 0.3 is 6.09 Å². The molecule has 2 aromatic rings. The highest BCUT2D eigenvalue weighted by Gasteiger charge is 2.34. The van der Waals surface area contributed by atoms with Gasteiger partial charge in [-0.3, -0.25) is 0 Å².